The lowest BCUT2D eigenvalue weighted by atomic mass is 10.2. The highest BCUT2D eigenvalue weighted by Crippen LogP contribution is 2.17. The van der Waals surface area contributed by atoms with E-state index in [1.165, 1.54) is 6.07 Å². The molecule has 3 rings (SSSR count). The Bertz CT molecular complexity index is 784. The normalized spacial score (nSPS) is 14.6. The number of hydrogen-bond acceptors (Lipinski definition) is 4. The molecule has 2 aromatic rings. The van der Waals surface area contributed by atoms with Gasteiger partial charge in [-0.15, -0.1) is 0 Å². The maximum absolute atomic E-state index is 13.3. The number of ether oxygens (including phenoxy) is 2. The third kappa shape index (κ3) is 4.89. The first-order chi connectivity index (χ1) is 12.6. The molecule has 26 heavy (non-hydrogen) atoms. The number of nitrogens with zero attached hydrogens (tertiary/aromatic N) is 2. The number of rotatable bonds is 5. The van der Waals surface area contributed by atoms with Crippen LogP contribution in [-0.4, -0.2) is 49.9 Å². The third-order valence-corrected chi connectivity index (χ3v) is 4.11. The quantitative estimate of drug-likeness (QED) is 0.774. The molecular weight excluding hydrogens is 335 g/mol. The number of amides is 1. The molecule has 0 spiro atoms. The predicted octanol–water partition coefficient (Wildman–Crippen LogP) is 3.12. The number of aliphatic imine (C=N–C) groups is 1. The molecule has 1 amide bonds. The van der Waals surface area contributed by atoms with Crippen molar-refractivity contribution in [3.8, 4) is 5.75 Å². The second kappa shape index (κ2) is 8.58. The molecule has 1 fully saturated rings. The van der Waals surface area contributed by atoms with E-state index in [0.717, 1.165) is 5.56 Å². The van der Waals surface area contributed by atoms with Gasteiger partial charge in [-0.3, -0.25) is 9.79 Å². The number of aryl methyl sites for hydroxylation is 1. The van der Waals surface area contributed by atoms with Gasteiger partial charge in [0, 0.05) is 19.3 Å². The van der Waals surface area contributed by atoms with Crippen molar-refractivity contribution in [1.29, 1.82) is 0 Å². The molecule has 0 aromatic heterocycles. The number of halogens is 1. The maximum atomic E-state index is 13.3. The van der Waals surface area contributed by atoms with Gasteiger partial charge in [0.25, 0.3) is 5.91 Å². The molecule has 0 unspecified atom stereocenters. The van der Waals surface area contributed by atoms with E-state index < -0.39 is 0 Å². The number of morpholine rings is 1. The first-order valence-electron chi connectivity index (χ1n) is 8.50. The average molecular weight is 356 g/mol. The Kier molecular flexibility index (Phi) is 5.96. The Morgan fingerprint density at radius 1 is 1.23 bits per heavy atom. The zero-order valence-electron chi connectivity index (χ0n) is 14.7. The zero-order valence-corrected chi connectivity index (χ0v) is 14.7. The minimum Gasteiger partial charge on any atom is -0.484 e. The number of benzene rings is 2. The fourth-order valence-corrected chi connectivity index (χ4v) is 2.56. The Balaban J connectivity index is 1.53. The molecule has 0 aliphatic carbocycles. The van der Waals surface area contributed by atoms with Crippen molar-refractivity contribution >= 4 is 17.8 Å². The van der Waals surface area contributed by atoms with E-state index in [-0.39, 0.29) is 18.3 Å². The molecule has 1 heterocycles. The van der Waals surface area contributed by atoms with Gasteiger partial charge in [-0.1, -0.05) is 0 Å². The van der Waals surface area contributed by atoms with E-state index in [2.05, 4.69) is 4.99 Å². The Morgan fingerprint density at radius 2 is 1.96 bits per heavy atom. The molecule has 1 aliphatic heterocycles. The first-order valence-corrected chi connectivity index (χ1v) is 8.50. The predicted molar refractivity (Wildman–Crippen MR) is 97.7 cm³/mol. The van der Waals surface area contributed by atoms with E-state index in [1.807, 2.05) is 12.1 Å². The summed E-state index contributed by atoms with van der Waals surface area (Å²) in [5.74, 6) is 0.351. The first kappa shape index (κ1) is 18.1. The van der Waals surface area contributed by atoms with Gasteiger partial charge in [-0.2, -0.15) is 0 Å². The minimum absolute atomic E-state index is 0.0162. The highest BCUT2D eigenvalue weighted by molar-refractivity contribution is 5.82. The van der Waals surface area contributed by atoms with Crippen molar-refractivity contribution in [3.63, 3.8) is 0 Å². The summed E-state index contributed by atoms with van der Waals surface area (Å²) in [5.41, 5.74) is 2.15. The van der Waals surface area contributed by atoms with Crippen LogP contribution in [0, 0.1) is 12.7 Å². The van der Waals surface area contributed by atoms with E-state index in [1.54, 1.807) is 42.3 Å². The lowest BCUT2D eigenvalue weighted by molar-refractivity contribution is -0.137. The van der Waals surface area contributed by atoms with Crippen LogP contribution in [0.1, 0.15) is 11.1 Å². The van der Waals surface area contributed by atoms with E-state index in [4.69, 9.17) is 9.47 Å². The van der Waals surface area contributed by atoms with Crippen LogP contribution in [0.5, 0.6) is 5.75 Å². The Labute approximate surface area is 152 Å². The molecule has 0 atom stereocenters. The SMILES string of the molecule is Cc1cc(N=Cc2ccc(OCC(=O)N3CCOCC3)cc2)ccc1F. The van der Waals surface area contributed by atoms with Crippen LogP contribution in [0.2, 0.25) is 0 Å². The van der Waals surface area contributed by atoms with Gasteiger partial charge < -0.3 is 14.4 Å². The smallest absolute Gasteiger partial charge is 0.260 e. The lowest BCUT2D eigenvalue weighted by Gasteiger charge is -2.26. The van der Waals surface area contributed by atoms with Crippen LogP contribution in [-0.2, 0) is 9.53 Å². The van der Waals surface area contributed by atoms with Crippen LogP contribution in [0.15, 0.2) is 47.5 Å². The zero-order chi connectivity index (χ0) is 18.4. The van der Waals surface area contributed by atoms with Gasteiger partial charge in [0.1, 0.15) is 11.6 Å². The molecule has 0 radical (unpaired) electrons. The molecular formula is C20H21FN2O3. The molecule has 2 aromatic carbocycles. The molecule has 1 saturated heterocycles. The van der Waals surface area contributed by atoms with Gasteiger partial charge in [0.15, 0.2) is 6.61 Å². The summed E-state index contributed by atoms with van der Waals surface area (Å²) in [5, 5.41) is 0. The highest BCUT2D eigenvalue weighted by atomic mass is 19.1. The van der Waals surface area contributed by atoms with E-state index >= 15 is 0 Å². The largest absolute Gasteiger partial charge is 0.484 e. The minimum atomic E-state index is -0.239. The third-order valence-electron chi connectivity index (χ3n) is 4.11. The maximum Gasteiger partial charge on any atom is 0.260 e. The van der Waals surface area contributed by atoms with Gasteiger partial charge >= 0.3 is 0 Å². The highest BCUT2D eigenvalue weighted by Gasteiger charge is 2.16. The summed E-state index contributed by atoms with van der Waals surface area (Å²) in [4.78, 5) is 18.1. The van der Waals surface area contributed by atoms with Gasteiger partial charge in [0.2, 0.25) is 0 Å². The molecule has 0 saturated carbocycles. The average Bonchev–Trinajstić information content (AvgIpc) is 2.68. The van der Waals surface area contributed by atoms with Crippen LogP contribution in [0.3, 0.4) is 0 Å². The second-order valence-electron chi connectivity index (χ2n) is 6.04. The van der Waals surface area contributed by atoms with Crippen molar-refractivity contribution < 1.29 is 18.7 Å². The second-order valence-corrected chi connectivity index (χ2v) is 6.04. The van der Waals surface area contributed by atoms with Crippen molar-refractivity contribution in [1.82, 2.24) is 4.90 Å². The van der Waals surface area contributed by atoms with Crippen molar-refractivity contribution in [2.45, 2.75) is 6.92 Å². The van der Waals surface area contributed by atoms with Gasteiger partial charge in [-0.05, 0) is 60.5 Å². The summed E-state index contributed by atoms with van der Waals surface area (Å²) < 4.78 is 24.0. The summed E-state index contributed by atoms with van der Waals surface area (Å²) >= 11 is 0. The summed E-state index contributed by atoms with van der Waals surface area (Å²) in [6.45, 7) is 4.10. The fraction of sp³-hybridized carbons (Fsp3) is 0.300. The topological polar surface area (TPSA) is 51.1 Å². The molecule has 0 N–H and O–H groups in total. The van der Waals surface area contributed by atoms with Crippen LogP contribution < -0.4 is 4.74 Å². The fourth-order valence-electron chi connectivity index (χ4n) is 2.56. The molecule has 5 nitrogen and oxygen atoms in total. The van der Waals surface area contributed by atoms with Crippen molar-refractivity contribution in [2.24, 2.45) is 4.99 Å². The van der Waals surface area contributed by atoms with Crippen molar-refractivity contribution in [3.05, 3.63) is 59.4 Å². The molecule has 1 aliphatic rings. The molecule has 136 valence electrons. The van der Waals surface area contributed by atoms with Crippen LogP contribution >= 0.6 is 0 Å². The van der Waals surface area contributed by atoms with E-state index in [0.29, 0.717) is 43.3 Å². The van der Waals surface area contributed by atoms with Crippen LogP contribution in [0.25, 0.3) is 0 Å². The van der Waals surface area contributed by atoms with Crippen LogP contribution in [0.4, 0.5) is 10.1 Å². The standard InChI is InChI=1S/C20H21FN2O3/c1-15-12-17(4-7-19(15)21)22-13-16-2-5-18(6-3-16)26-14-20(24)23-8-10-25-11-9-23/h2-7,12-13H,8-11,14H2,1H3. The van der Waals surface area contributed by atoms with Crippen molar-refractivity contribution in [2.75, 3.05) is 32.9 Å². The van der Waals surface area contributed by atoms with Gasteiger partial charge in [0.05, 0.1) is 18.9 Å². The molecule has 6 heteroatoms. The Morgan fingerprint density at radius 3 is 2.65 bits per heavy atom. The lowest BCUT2D eigenvalue weighted by Crippen LogP contribution is -2.42. The molecule has 0 bridgehead atoms. The summed E-state index contributed by atoms with van der Waals surface area (Å²) in [7, 11) is 0. The summed E-state index contributed by atoms with van der Waals surface area (Å²) in [6.07, 6.45) is 1.70. The van der Waals surface area contributed by atoms with Gasteiger partial charge in [-0.25, -0.2) is 4.39 Å². The number of carbonyl (C=O) groups excluding carboxylic acids is 1. The van der Waals surface area contributed by atoms with E-state index in [9.17, 15) is 9.18 Å². The monoisotopic (exact) mass is 356 g/mol. The number of hydrogen-bond donors (Lipinski definition) is 0. The Hall–Kier alpha value is -2.73. The summed E-state index contributed by atoms with van der Waals surface area (Å²) in [6, 6.07) is 12.0. The number of carbonyl (C=O) groups is 1.